The smallest absolute Gasteiger partial charge is 0.241 e. The number of nitrogens with one attached hydrogen (secondary N) is 2. The first-order valence-corrected chi connectivity index (χ1v) is 8.33. The lowest BCUT2D eigenvalue weighted by atomic mass is 9.97. The van der Waals surface area contributed by atoms with Gasteiger partial charge in [-0.1, -0.05) is 0 Å². The molecular formula is C14H27Cl2N5OS. The number of thioether (sulfide) groups is 1. The number of aromatic nitrogens is 2. The largest absolute Gasteiger partial charge is 0.353 e. The Morgan fingerprint density at radius 3 is 2.65 bits per heavy atom. The average Bonchev–Trinajstić information content (AvgIpc) is 3.07. The van der Waals surface area contributed by atoms with E-state index in [2.05, 4.69) is 34.7 Å². The molecule has 2 N–H and O–H groups in total. The van der Waals surface area contributed by atoms with Gasteiger partial charge in [-0.3, -0.25) is 9.48 Å². The molecule has 1 saturated heterocycles. The van der Waals surface area contributed by atoms with Gasteiger partial charge in [0.05, 0.1) is 6.20 Å². The average molecular weight is 384 g/mol. The van der Waals surface area contributed by atoms with Gasteiger partial charge in [0.25, 0.3) is 0 Å². The Morgan fingerprint density at radius 1 is 1.52 bits per heavy atom. The molecule has 1 aromatic heterocycles. The summed E-state index contributed by atoms with van der Waals surface area (Å²) >= 11 is 1.95. The minimum absolute atomic E-state index is 0. The topological polar surface area (TPSA) is 62.2 Å². The Hall–Kier alpha value is -0.470. The molecule has 2 heterocycles. The monoisotopic (exact) mass is 383 g/mol. The molecule has 6 nitrogen and oxygen atoms in total. The quantitative estimate of drug-likeness (QED) is 0.769. The minimum atomic E-state index is -0.355. The Bertz CT molecular complexity index is 491. The summed E-state index contributed by atoms with van der Waals surface area (Å²) in [5.41, 5.74) is 0.963. The molecule has 0 aliphatic carbocycles. The molecule has 1 aliphatic heterocycles. The Morgan fingerprint density at radius 2 is 2.22 bits per heavy atom. The number of nitrogens with zero attached hydrogens (tertiary/aromatic N) is 3. The highest BCUT2D eigenvalue weighted by atomic mass is 35.5. The van der Waals surface area contributed by atoms with Crippen LogP contribution < -0.4 is 10.6 Å². The molecule has 2 rings (SSSR count). The molecule has 2 atom stereocenters. The van der Waals surface area contributed by atoms with Crippen molar-refractivity contribution < 1.29 is 4.79 Å². The third-order valence-electron chi connectivity index (χ3n) is 4.23. The Kier molecular flexibility index (Phi) is 9.54. The van der Waals surface area contributed by atoms with Crippen molar-refractivity contribution in [1.82, 2.24) is 25.3 Å². The second-order valence-corrected chi connectivity index (χ2v) is 6.91. The van der Waals surface area contributed by atoms with E-state index in [1.54, 1.807) is 17.9 Å². The van der Waals surface area contributed by atoms with Gasteiger partial charge in [0.1, 0.15) is 6.04 Å². The van der Waals surface area contributed by atoms with Crippen molar-refractivity contribution >= 4 is 42.5 Å². The number of aryl methyl sites for hydroxylation is 1. The van der Waals surface area contributed by atoms with E-state index >= 15 is 0 Å². The van der Waals surface area contributed by atoms with Crippen LogP contribution in [0.25, 0.3) is 0 Å². The number of carbonyl (C=O) groups excluding carboxylic acids is 1. The molecule has 0 radical (unpaired) electrons. The lowest BCUT2D eigenvalue weighted by Crippen LogP contribution is -2.54. The van der Waals surface area contributed by atoms with Gasteiger partial charge in [-0.2, -0.15) is 16.9 Å². The van der Waals surface area contributed by atoms with Crippen LogP contribution in [-0.4, -0.2) is 65.3 Å². The molecule has 1 aromatic rings. The van der Waals surface area contributed by atoms with E-state index in [-0.39, 0.29) is 42.3 Å². The maximum absolute atomic E-state index is 12.5. The highest BCUT2D eigenvalue weighted by Gasteiger charge is 2.37. The van der Waals surface area contributed by atoms with E-state index in [9.17, 15) is 4.79 Å². The number of hydrogen-bond acceptors (Lipinski definition) is 5. The predicted octanol–water partition coefficient (Wildman–Crippen LogP) is 1.08. The van der Waals surface area contributed by atoms with Crippen LogP contribution in [0.15, 0.2) is 12.4 Å². The lowest BCUT2D eigenvalue weighted by molar-refractivity contribution is -0.123. The minimum Gasteiger partial charge on any atom is -0.353 e. The van der Waals surface area contributed by atoms with E-state index in [1.807, 2.05) is 25.0 Å². The zero-order chi connectivity index (χ0) is 15.5. The molecule has 0 bridgehead atoms. The standard InChI is InChI=1S/C14H25N5OS.2ClH/c1-15-12(11-7-17-19(4)8-11)13(20)16-9-14(18(2)3)5-6-21-10-14;;/h7-8,12,15H,5-6,9-10H2,1-4H3,(H,16,20);2*1H. The third-order valence-corrected chi connectivity index (χ3v) is 5.47. The predicted molar refractivity (Wildman–Crippen MR) is 101 cm³/mol. The molecule has 0 saturated carbocycles. The number of carbonyl (C=O) groups is 1. The highest BCUT2D eigenvalue weighted by Crippen LogP contribution is 2.31. The van der Waals surface area contributed by atoms with E-state index in [0.717, 1.165) is 23.5 Å². The second-order valence-electron chi connectivity index (χ2n) is 5.81. The summed E-state index contributed by atoms with van der Waals surface area (Å²) in [6.45, 7) is 0.685. The van der Waals surface area contributed by atoms with Gasteiger partial charge in [-0.25, -0.2) is 0 Å². The fourth-order valence-electron chi connectivity index (χ4n) is 2.64. The third kappa shape index (κ3) is 5.26. The SMILES string of the molecule is CNC(C(=O)NCC1(N(C)C)CCSC1)c1cnn(C)c1.Cl.Cl. The first kappa shape index (κ1) is 22.5. The van der Waals surface area contributed by atoms with Crippen LogP contribution in [0, 0.1) is 0 Å². The van der Waals surface area contributed by atoms with E-state index in [1.165, 1.54) is 0 Å². The van der Waals surface area contributed by atoms with Crippen LogP contribution in [0.3, 0.4) is 0 Å². The zero-order valence-corrected chi connectivity index (χ0v) is 16.5. The number of rotatable bonds is 6. The van der Waals surface area contributed by atoms with Gasteiger partial charge in [0.15, 0.2) is 0 Å². The maximum Gasteiger partial charge on any atom is 0.241 e. The first-order valence-electron chi connectivity index (χ1n) is 7.17. The Labute approximate surface area is 154 Å². The summed E-state index contributed by atoms with van der Waals surface area (Å²) < 4.78 is 1.71. The molecule has 1 aliphatic rings. The fraction of sp³-hybridized carbons (Fsp3) is 0.714. The summed E-state index contributed by atoms with van der Waals surface area (Å²) in [4.78, 5) is 14.7. The number of halogens is 2. The highest BCUT2D eigenvalue weighted by molar-refractivity contribution is 7.99. The van der Waals surface area contributed by atoms with Crippen molar-refractivity contribution in [3.63, 3.8) is 0 Å². The number of likely N-dealkylation sites (N-methyl/N-ethyl adjacent to an activating group) is 2. The summed E-state index contributed by atoms with van der Waals surface area (Å²) in [7, 11) is 7.83. The van der Waals surface area contributed by atoms with Crippen LogP contribution in [0.2, 0.25) is 0 Å². The summed E-state index contributed by atoms with van der Waals surface area (Å²) in [6, 6.07) is -0.355. The van der Waals surface area contributed by atoms with Gasteiger partial charge in [0.2, 0.25) is 5.91 Å². The van der Waals surface area contributed by atoms with Crippen molar-refractivity contribution in [1.29, 1.82) is 0 Å². The molecule has 1 fully saturated rings. The normalized spacial score (nSPS) is 21.4. The molecule has 9 heteroatoms. The molecular weight excluding hydrogens is 357 g/mol. The zero-order valence-electron chi connectivity index (χ0n) is 14.0. The van der Waals surface area contributed by atoms with Gasteiger partial charge < -0.3 is 15.5 Å². The summed E-state index contributed by atoms with van der Waals surface area (Å²) in [6.07, 6.45) is 4.71. The molecule has 2 unspecified atom stereocenters. The van der Waals surface area contributed by atoms with Crippen molar-refractivity contribution in [2.24, 2.45) is 7.05 Å². The van der Waals surface area contributed by atoms with Crippen molar-refractivity contribution in [3.8, 4) is 0 Å². The van der Waals surface area contributed by atoms with Gasteiger partial charge in [-0.05, 0) is 33.3 Å². The molecule has 0 aromatic carbocycles. The van der Waals surface area contributed by atoms with Crippen LogP contribution in [-0.2, 0) is 11.8 Å². The van der Waals surface area contributed by atoms with E-state index in [4.69, 9.17) is 0 Å². The maximum atomic E-state index is 12.5. The second kappa shape index (κ2) is 9.74. The molecule has 1 amide bonds. The van der Waals surface area contributed by atoms with Crippen molar-refractivity contribution in [2.75, 3.05) is 39.2 Å². The van der Waals surface area contributed by atoms with Crippen molar-refractivity contribution in [2.45, 2.75) is 18.0 Å². The van der Waals surface area contributed by atoms with E-state index in [0.29, 0.717) is 6.54 Å². The molecule has 23 heavy (non-hydrogen) atoms. The number of amides is 1. The fourth-order valence-corrected chi connectivity index (χ4v) is 4.19. The van der Waals surface area contributed by atoms with Gasteiger partial charge in [-0.15, -0.1) is 24.8 Å². The molecule has 0 spiro atoms. The van der Waals surface area contributed by atoms with Crippen LogP contribution >= 0.6 is 36.6 Å². The van der Waals surface area contributed by atoms with Crippen LogP contribution in [0.5, 0.6) is 0 Å². The first-order chi connectivity index (χ1) is 9.98. The summed E-state index contributed by atoms with van der Waals surface area (Å²) in [5.74, 6) is 2.23. The lowest BCUT2D eigenvalue weighted by Gasteiger charge is -2.36. The van der Waals surface area contributed by atoms with Crippen LogP contribution in [0.4, 0.5) is 0 Å². The van der Waals surface area contributed by atoms with E-state index < -0.39 is 0 Å². The molecule has 134 valence electrons. The van der Waals surface area contributed by atoms with Crippen LogP contribution in [0.1, 0.15) is 18.0 Å². The van der Waals surface area contributed by atoms with Gasteiger partial charge in [0, 0.05) is 36.6 Å². The number of hydrogen-bond donors (Lipinski definition) is 2. The van der Waals surface area contributed by atoms with Crippen molar-refractivity contribution in [3.05, 3.63) is 18.0 Å². The van der Waals surface area contributed by atoms with Gasteiger partial charge >= 0.3 is 0 Å². The Balaban J connectivity index is 0.00000242. The summed E-state index contributed by atoms with van der Waals surface area (Å²) in [5, 5.41) is 10.3.